The molecule has 0 saturated carbocycles. The summed E-state index contributed by atoms with van der Waals surface area (Å²) in [5.74, 6) is 2.17. The standard InChI is InChI=1S/C42H48N4S2/c1-3-19-43(39(13-1)17-15-33-29-35-9-5-21-45-22-6-10-36(30-33)41(35)45)25-27-47-48-28-26-44-20-4-2-14-40(44)18-16-34-31-37-11-7-23-46-24-8-12-38(32-34)42(37)46/h1-4,13-20,29-32H,5-12,21-28H2/q+2. The Labute approximate surface area is 295 Å². The summed E-state index contributed by atoms with van der Waals surface area (Å²) >= 11 is 0. The van der Waals surface area contributed by atoms with Gasteiger partial charge in [0.15, 0.2) is 25.5 Å². The van der Waals surface area contributed by atoms with Crippen LogP contribution in [0.2, 0.25) is 0 Å². The maximum Gasteiger partial charge on any atom is 0.205 e. The molecule has 2 aromatic carbocycles. The number of aryl methyl sites for hydroxylation is 6. The third kappa shape index (κ3) is 7.11. The Balaban J connectivity index is 0.846. The zero-order valence-corrected chi connectivity index (χ0v) is 29.8. The third-order valence-electron chi connectivity index (χ3n) is 10.5. The zero-order valence-electron chi connectivity index (χ0n) is 28.2. The fourth-order valence-electron chi connectivity index (χ4n) is 8.29. The summed E-state index contributed by atoms with van der Waals surface area (Å²) in [6.07, 6.45) is 23.7. The number of rotatable bonds is 11. The summed E-state index contributed by atoms with van der Waals surface area (Å²) in [6.45, 7) is 6.94. The normalized spacial score (nSPS) is 16.8. The van der Waals surface area contributed by atoms with Crippen molar-refractivity contribution in [1.29, 1.82) is 0 Å². The summed E-state index contributed by atoms with van der Waals surface area (Å²) in [7, 11) is 3.98. The predicted molar refractivity (Wildman–Crippen MR) is 207 cm³/mol. The molecule has 4 aliphatic heterocycles. The van der Waals surface area contributed by atoms with Crippen molar-refractivity contribution in [2.75, 3.05) is 47.5 Å². The van der Waals surface area contributed by atoms with Gasteiger partial charge in [-0.25, -0.2) is 0 Å². The molecule has 0 atom stereocenters. The first-order chi connectivity index (χ1) is 23.8. The van der Waals surface area contributed by atoms with Gasteiger partial charge in [-0.1, -0.05) is 21.6 Å². The molecule has 8 rings (SSSR count). The summed E-state index contributed by atoms with van der Waals surface area (Å²) in [5.41, 5.74) is 14.6. The van der Waals surface area contributed by atoms with E-state index in [0.717, 1.165) is 24.6 Å². The van der Waals surface area contributed by atoms with E-state index in [2.05, 4.69) is 116 Å². The minimum atomic E-state index is 1.01. The summed E-state index contributed by atoms with van der Waals surface area (Å²) in [4.78, 5) is 5.25. The molecule has 6 heteroatoms. The summed E-state index contributed by atoms with van der Waals surface area (Å²) in [5, 5.41) is 0. The Hall–Kier alpha value is -3.48. The molecule has 4 aliphatic rings. The van der Waals surface area contributed by atoms with Crippen molar-refractivity contribution in [3.8, 4) is 0 Å². The molecule has 0 amide bonds. The van der Waals surface area contributed by atoms with Gasteiger partial charge in [-0.05, 0) is 133 Å². The van der Waals surface area contributed by atoms with Gasteiger partial charge in [0.2, 0.25) is 11.4 Å². The van der Waals surface area contributed by atoms with Crippen LogP contribution < -0.4 is 18.9 Å². The van der Waals surface area contributed by atoms with Crippen LogP contribution in [0.3, 0.4) is 0 Å². The predicted octanol–water partition coefficient (Wildman–Crippen LogP) is 8.08. The molecule has 0 radical (unpaired) electrons. The number of hydrogen-bond acceptors (Lipinski definition) is 4. The SMILES string of the molecule is C(=C\c1cccc[n+]1CCSSCC[n+]1ccccc1/C=C/c1cc2c3c(c1)CCCN3CCC2)/c1cc2c3c(c1)CCCN3CCC2. The van der Waals surface area contributed by atoms with Gasteiger partial charge in [-0.3, -0.25) is 0 Å². The van der Waals surface area contributed by atoms with Crippen LogP contribution in [0.4, 0.5) is 11.4 Å². The topological polar surface area (TPSA) is 14.2 Å². The summed E-state index contributed by atoms with van der Waals surface area (Å²) in [6, 6.07) is 22.9. The molecule has 2 aromatic heterocycles. The third-order valence-corrected chi connectivity index (χ3v) is 12.8. The van der Waals surface area contributed by atoms with Gasteiger partial charge in [0, 0.05) is 74.0 Å². The summed E-state index contributed by atoms with van der Waals surface area (Å²) < 4.78 is 4.80. The van der Waals surface area contributed by atoms with Crippen LogP contribution in [0.15, 0.2) is 73.1 Å². The van der Waals surface area contributed by atoms with Crippen molar-refractivity contribution in [3.63, 3.8) is 0 Å². The molecule has 0 spiro atoms. The maximum absolute atomic E-state index is 2.62. The smallest absolute Gasteiger partial charge is 0.205 e. The van der Waals surface area contributed by atoms with Crippen LogP contribution in [0.1, 0.15) is 70.5 Å². The van der Waals surface area contributed by atoms with E-state index >= 15 is 0 Å². The zero-order chi connectivity index (χ0) is 32.1. The molecule has 48 heavy (non-hydrogen) atoms. The largest absolute Gasteiger partial charge is 0.371 e. The number of nitrogens with zero attached hydrogens (tertiary/aromatic N) is 4. The van der Waals surface area contributed by atoms with Crippen LogP contribution in [0, 0.1) is 0 Å². The van der Waals surface area contributed by atoms with Crippen molar-refractivity contribution in [1.82, 2.24) is 0 Å². The van der Waals surface area contributed by atoms with Crippen LogP contribution in [-0.4, -0.2) is 37.7 Å². The first-order valence-electron chi connectivity index (χ1n) is 18.2. The van der Waals surface area contributed by atoms with Gasteiger partial charge in [-0.2, -0.15) is 9.13 Å². The van der Waals surface area contributed by atoms with Crippen molar-refractivity contribution < 1.29 is 9.13 Å². The van der Waals surface area contributed by atoms with E-state index in [1.807, 2.05) is 21.6 Å². The molecule has 4 aromatic rings. The van der Waals surface area contributed by atoms with Crippen LogP contribution >= 0.6 is 21.6 Å². The Kier molecular flexibility index (Phi) is 9.90. The van der Waals surface area contributed by atoms with Crippen molar-refractivity contribution in [2.45, 2.75) is 64.5 Å². The number of hydrogen-bond donors (Lipinski definition) is 0. The van der Waals surface area contributed by atoms with Crippen molar-refractivity contribution in [2.24, 2.45) is 0 Å². The highest BCUT2D eigenvalue weighted by molar-refractivity contribution is 8.76. The van der Waals surface area contributed by atoms with Crippen LogP contribution in [-0.2, 0) is 38.8 Å². The maximum atomic E-state index is 2.62. The molecular weight excluding hydrogens is 625 g/mol. The van der Waals surface area contributed by atoms with Crippen molar-refractivity contribution >= 4 is 57.3 Å². The molecule has 246 valence electrons. The molecule has 0 fully saturated rings. The number of pyridine rings is 2. The Morgan fingerprint density at radius 3 is 1.31 bits per heavy atom. The lowest BCUT2D eigenvalue weighted by atomic mass is 9.90. The molecule has 0 N–H and O–H groups in total. The molecule has 0 unspecified atom stereocenters. The second-order valence-corrected chi connectivity index (χ2v) is 16.4. The molecule has 0 bridgehead atoms. The first-order valence-corrected chi connectivity index (χ1v) is 20.7. The van der Waals surface area contributed by atoms with Crippen molar-refractivity contribution in [3.05, 3.63) is 118 Å². The first kappa shape index (κ1) is 31.8. The molecule has 0 saturated heterocycles. The Morgan fingerprint density at radius 1 is 0.521 bits per heavy atom. The molecular formula is C42H48N4S2+2. The van der Waals surface area contributed by atoms with Gasteiger partial charge >= 0.3 is 0 Å². The van der Waals surface area contributed by atoms with E-state index in [0.29, 0.717) is 0 Å². The van der Waals surface area contributed by atoms with E-state index in [-0.39, 0.29) is 0 Å². The van der Waals surface area contributed by atoms with Gasteiger partial charge in [0.25, 0.3) is 0 Å². The van der Waals surface area contributed by atoms with Gasteiger partial charge in [0.1, 0.15) is 0 Å². The number of aromatic nitrogens is 2. The fourth-order valence-corrected chi connectivity index (χ4v) is 10.2. The lowest BCUT2D eigenvalue weighted by Gasteiger charge is -2.37. The number of benzene rings is 2. The highest BCUT2D eigenvalue weighted by Gasteiger charge is 2.25. The van der Waals surface area contributed by atoms with E-state index in [1.54, 1.807) is 33.6 Å². The monoisotopic (exact) mass is 672 g/mol. The van der Waals surface area contributed by atoms with Crippen LogP contribution in [0.25, 0.3) is 24.3 Å². The van der Waals surface area contributed by atoms with E-state index in [1.165, 1.54) is 100 Å². The lowest BCUT2D eigenvalue weighted by Crippen LogP contribution is -2.38. The molecule has 4 nitrogen and oxygen atoms in total. The van der Waals surface area contributed by atoms with Crippen LogP contribution in [0.5, 0.6) is 0 Å². The lowest BCUT2D eigenvalue weighted by molar-refractivity contribution is -0.694. The second kappa shape index (κ2) is 15.0. The second-order valence-electron chi connectivity index (χ2n) is 13.7. The van der Waals surface area contributed by atoms with Gasteiger partial charge in [-0.15, -0.1) is 0 Å². The number of anilines is 2. The highest BCUT2D eigenvalue weighted by Crippen LogP contribution is 2.37. The Morgan fingerprint density at radius 2 is 0.917 bits per heavy atom. The average molecular weight is 673 g/mol. The molecule has 0 aliphatic carbocycles. The van der Waals surface area contributed by atoms with Gasteiger partial charge < -0.3 is 9.80 Å². The average Bonchev–Trinajstić information content (AvgIpc) is 3.12. The van der Waals surface area contributed by atoms with Gasteiger partial charge in [0.05, 0.1) is 11.5 Å². The Bertz CT molecular complexity index is 1630. The quantitative estimate of drug-likeness (QED) is 0.0909. The fraction of sp³-hybridized carbons (Fsp3) is 0.381. The minimum Gasteiger partial charge on any atom is -0.371 e. The van der Waals surface area contributed by atoms with E-state index < -0.39 is 0 Å². The minimum absolute atomic E-state index is 1.01. The van der Waals surface area contributed by atoms with E-state index in [9.17, 15) is 0 Å². The van der Waals surface area contributed by atoms with E-state index in [4.69, 9.17) is 0 Å². The highest BCUT2D eigenvalue weighted by atomic mass is 33.1. The molecule has 6 heterocycles.